The molecule has 1 aliphatic heterocycles. The smallest absolute Gasteiger partial charge is 0.359 e. The molecule has 4 heterocycles. The van der Waals surface area contributed by atoms with Crippen molar-refractivity contribution < 1.29 is 39.1 Å². The number of tetrazole rings is 1. The summed E-state index contributed by atoms with van der Waals surface area (Å²) in [7, 11) is -5.02. The van der Waals surface area contributed by atoms with Gasteiger partial charge in [0.1, 0.15) is 24.1 Å². The third kappa shape index (κ3) is 5.84. The van der Waals surface area contributed by atoms with Crippen LogP contribution in [0.2, 0.25) is 5.28 Å². The number of aromatic nitrogens is 8. The molecule has 1 aliphatic carbocycles. The SMILES string of the molecule is O=P(O)(O)C(CO)(CCCc1nn[nH]n1)OC[C@H]1O[C@H](n2ncc3c(NC4CCCC4)nc(Cl)nc32)[C@H](O)[C@@H]1O. The first kappa shape index (κ1) is 29.2. The molecule has 220 valence electrons. The zero-order valence-electron chi connectivity index (χ0n) is 21.2. The molecule has 19 heteroatoms. The topological polar surface area (TPSA) is 247 Å². The number of H-pyrrole nitrogens is 1. The minimum Gasteiger partial charge on any atom is -0.393 e. The van der Waals surface area contributed by atoms with Crippen LogP contribution in [-0.2, 0) is 20.5 Å². The van der Waals surface area contributed by atoms with Crippen molar-refractivity contribution in [2.75, 3.05) is 18.5 Å². The van der Waals surface area contributed by atoms with Crippen molar-refractivity contribution >= 4 is 36.0 Å². The van der Waals surface area contributed by atoms with Crippen molar-refractivity contribution in [1.82, 2.24) is 40.4 Å². The number of halogens is 1. The van der Waals surface area contributed by atoms with E-state index in [2.05, 4.69) is 41.0 Å². The van der Waals surface area contributed by atoms with Gasteiger partial charge in [0.15, 0.2) is 23.0 Å². The lowest BCUT2D eigenvalue weighted by Crippen LogP contribution is -2.42. The Bertz CT molecular complexity index is 1340. The van der Waals surface area contributed by atoms with Crippen LogP contribution < -0.4 is 5.32 Å². The van der Waals surface area contributed by atoms with Crippen molar-refractivity contribution in [2.45, 2.75) is 80.9 Å². The van der Waals surface area contributed by atoms with E-state index in [1.807, 2.05) is 0 Å². The number of nitrogens with zero attached hydrogens (tertiary/aromatic N) is 7. The third-order valence-electron chi connectivity index (χ3n) is 7.35. The molecule has 1 saturated carbocycles. The van der Waals surface area contributed by atoms with Gasteiger partial charge in [-0.1, -0.05) is 18.1 Å². The zero-order valence-corrected chi connectivity index (χ0v) is 22.9. The van der Waals surface area contributed by atoms with Crippen molar-refractivity contribution in [1.29, 1.82) is 0 Å². The van der Waals surface area contributed by atoms with Gasteiger partial charge in [-0.2, -0.15) is 20.3 Å². The highest BCUT2D eigenvalue weighted by molar-refractivity contribution is 7.53. The second-order valence-corrected chi connectivity index (χ2v) is 12.2. The number of rotatable bonds is 12. The van der Waals surface area contributed by atoms with Crippen molar-refractivity contribution in [3.63, 3.8) is 0 Å². The van der Waals surface area contributed by atoms with Crippen LogP contribution in [0.1, 0.15) is 50.6 Å². The van der Waals surface area contributed by atoms with Crippen LogP contribution in [0.25, 0.3) is 11.0 Å². The summed E-state index contributed by atoms with van der Waals surface area (Å²) in [4.78, 5) is 28.6. The lowest BCUT2D eigenvalue weighted by Gasteiger charge is -2.33. The van der Waals surface area contributed by atoms with E-state index in [1.165, 1.54) is 10.9 Å². The Hall–Kier alpha value is -2.34. The molecular formula is C21H31ClN9O8P. The van der Waals surface area contributed by atoms with Gasteiger partial charge >= 0.3 is 7.60 Å². The minimum absolute atomic E-state index is 0.0436. The summed E-state index contributed by atoms with van der Waals surface area (Å²) in [6.07, 6.45) is 0.399. The maximum atomic E-state index is 12.4. The lowest BCUT2D eigenvalue weighted by atomic mass is 10.1. The molecule has 2 aliphatic rings. The molecule has 0 aromatic carbocycles. The summed E-state index contributed by atoms with van der Waals surface area (Å²) >= 11 is 6.18. The molecule has 2 fully saturated rings. The summed E-state index contributed by atoms with van der Waals surface area (Å²) in [5.74, 6) is 0.825. The van der Waals surface area contributed by atoms with E-state index in [0.29, 0.717) is 17.0 Å². The Labute approximate surface area is 232 Å². The molecule has 5 rings (SSSR count). The summed E-state index contributed by atoms with van der Waals surface area (Å²) in [6.45, 7) is -1.56. The molecule has 3 aromatic rings. The van der Waals surface area contributed by atoms with E-state index in [1.54, 1.807) is 0 Å². The number of aryl methyl sites for hydroxylation is 1. The van der Waals surface area contributed by atoms with E-state index in [0.717, 1.165) is 25.7 Å². The zero-order chi connectivity index (χ0) is 28.5. The van der Waals surface area contributed by atoms with Crippen LogP contribution in [0.3, 0.4) is 0 Å². The summed E-state index contributed by atoms with van der Waals surface area (Å²) in [5, 5.41) is 50.7. The number of hydrogen-bond acceptors (Lipinski definition) is 13. The van der Waals surface area contributed by atoms with E-state index in [4.69, 9.17) is 21.1 Å². The minimum atomic E-state index is -5.02. The number of fused-ring (bicyclic) bond motifs is 1. The van der Waals surface area contributed by atoms with Crippen LogP contribution in [-0.4, -0.2) is 108 Å². The average molecular weight is 604 g/mol. The molecule has 1 saturated heterocycles. The van der Waals surface area contributed by atoms with Gasteiger partial charge in [0.2, 0.25) is 5.28 Å². The van der Waals surface area contributed by atoms with Gasteiger partial charge in [-0.3, -0.25) is 4.57 Å². The number of aliphatic hydroxyl groups is 3. The van der Waals surface area contributed by atoms with Crippen LogP contribution >= 0.6 is 19.2 Å². The first-order valence-corrected chi connectivity index (χ1v) is 14.8. The molecule has 0 bridgehead atoms. The maximum absolute atomic E-state index is 12.4. The molecule has 0 radical (unpaired) electrons. The van der Waals surface area contributed by atoms with Crippen LogP contribution in [0.15, 0.2) is 6.20 Å². The van der Waals surface area contributed by atoms with Crippen LogP contribution in [0, 0.1) is 0 Å². The highest BCUT2D eigenvalue weighted by Gasteiger charge is 2.51. The van der Waals surface area contributed by atoms with Gasteiger partial charge < -0.3 is 39.9 Å². The van der Waals surface area contributed by atoms with Gasteiger partial charge in [-0.15, -0.1) is 10.2 Å². The molecule has 3 aromatic heterocycles. The molecule has 40 heavy (non-hydrogen) atoms. The van der Waals surface area contributed by atoms with Gasteiger partial charge in [0.25, 0.3) is 0 Å². The van der Waals surface area contributed by atoms with E-state index < -0.39 is 50.7 Å². The van der Waals surface area contributed by atoms with E-state index in [-0.39, 0.29) is 36.2 Å². The monoisotopic (exact) mass is 603 g/mol. The predicted octanol–water partition coefficient (Wildman–Crippen LogP) is -0.128. The largest absolute Gasteiger partial charge is 0.393 e. The summed E-state index contributed by atoms with van der Waals surface area (Å²) < 4.78 is 25.1. The summed E-state index contributed by atoms with van der Waals surface area (Å²) in [6, 6.07) is 0.238. The molecule has 1 unspecified atom stereocenters. The quantitative estimate of drug-likeness (QED) is 0.105. The van der Waals surface area contributed by atoms with E-state index >= 15 is 0 Å². The predicted molar refractivity (Wildman–Crippen MR) is 137 cm³/mol. The van der Waals surface area contributed by atoms with Gasteiger partial charge in [0.05, 0.1) is 24.8 Å². The Morgan fingerprint density at radius 1 is 1.25 bits per heavy atom. The summed E-state index contributed by atoms with van der Waals surface area (Å²) in [5.41, 5.74) is 0.264. The Kier molecular flexibility index (Phi) is 8.66. The second-order valence-electron chi connectivity index (χ2n) is 9.98. The standard InChI is InChI=1S/C21H31ClN9O8P/c22-20-25-17(24-11-4-1-2-5-11)12-8-23-31(18(12)26-20)19-16(34)15(33)13(39-19)9-38-21(10-32,40(35,36)37)7-3-6-14-27-29-30-28-14/h8,11,13,15-16,19,32-34H,1-7,9-10H2,(H,24,25,26)(H2,35,36,37)(H,27,28,29,30)/t13-,15-,16-,19+,21?/m1/s1. The fourth-order valence-electron chi connectivity index (χ4n) is 5.09. The Balaban J connectivity index is 1.31. The lowest BCUT2D eigenvalue weighted by molar-refractivity contribution is -0.112. The molecule has 5 atom stereocenters. The number of hydrogen-bond donors (Lipinski definition) is 7. The van der Waals surface area contributed by atoms with Gasteiger partial charge in [-0.25, -0.2) is 4.68 Å². The number of aromatic amines is 1. The Morgan fingerprint density at radius 2 is 2.02 bits per heavy atom. The number of aliphatic hydroxyl groups excluding tert-OH is 3. The molecular weight excluding hydrogens is 573 g/mol. The third-order valence-corrected chi connectivity index (χ3v) is 9.08. The van der Waals surface area contributed by atoms with Crippen LogP contribution in [0.4, 0.5) is 5.82 Å². The number of nitrogens with one attached hydrogen (secondary N) is 2. The number of anilines is 1. The van der Waals surface area contributed by atoms with Crippen LogP contribution in [0.5, 0.6) is 0 Å². The van der Waals surface area contributed by atoms with Gasteiger partial charge in [0, 0.05) is 12.5 Å². The van der Waals surface area contributed by atoms with Gasteiger partial charge in [-0.05, 0) is 37.3 Å². The van der Waals surface area contributed by atoms with Crippen molar-refractivity contribution in [2.24, 2.45) is 0 Å². The average Bonchev–Trinajstić information content (AvgIpc) is 3.71. The van der Waals surface area contributed by atoms with Crippen molar-refractivity contribution in [3.8, 4) is 0 Å². The van der Waals surface area contributed by atoms with Crippen molar-refractivity contribution in [3.05, 3.63) is 17.3 Å². The second kappa shape index (κ2) is 11.9. The molecule has 17 nitrogen and oxygen atoms in total. The van der Waals surface area contributed by atoms with E-state index in [9.17, 15) is 29.7 Å². The molecule has 0 spiro atoms. The fraction of sp³-hybridized carbons (Fsp3) is 0.714. The molecule has 0 amide bonds. The fourth-order valence-corrected chi connectivity index (χ4v) is 6.14. The Morgan fingerprint density at radius 3 is 2.70 bits per heavy atom. The molecule has 7 N–H and O–H groups in total. The number of ether oxygens (including phenoxy) is 2. The first-order chi connectivity index (χ1) is 19.1. The normalized spacial score (nSPS) is 25.6. The first-order valence-electron chi connectivity index (χ1n) is 12.8. The maximum Gasteiger partial charge on any atom is 0.359 e. The highest BCUT2D eigenvalue weighted by atomic mass is 35.5. The highest BCUT2D eigenvalue weighted by Crippen LogP contribution is 2.54.